The number of benzene rings is 2. The third-order valence-corrected chi connectivity index (χ3v) is 5.12. The van der Waals surface area contributed by atoms with E-state index in [0.29, 0.717) is 22.8 Å². The van der Waals surface area contributed by atoms with Gasteiger partial charge in [0.25, 0.3) is 5.91 Å². The van der Waals surface area contributed by atoms with Gasteiger partial charge < -0.3 is 14.3 Å². The molecule has 3 aromatic rings. The average Bonchev–Trinajstić information content (AvgIpc) is 3.26. The summed E-state index contributed by atoms with van der Waals surface area (Å²) in [6.07, 6.45) is 5.90. The zero-order valence-corrected chi connectivity index (χ0v) is 16.8. The lowest BCUT2D eigenvalue weighted by atomic mass is 9.92. The van der Waals surface area contributed by atoms with Gasteiger partial charge in [-0.1, -0.05) is 24.3 Å². The minimum absolute atomic E-state index is 0.146. The zero-order valence-electron chi connectivity index (χ0n) is 16.8. The van der Waals surface area contributed by atoms with Crippen LogP contribution in [0.2, 0.25) is 0 Å². The number of amides is 1. The second kappa shape index (κ2) is 9.30. The summed E-state index contributed by atoms with van der Waals surface area (Å²) in [5.74, 6) is 0.0329. The first-order chi connectivity index (χ1) is 15.1. The van der Waals surface area contributed by atoms with E-state index in [9.17, 15) is 14.7 Å². The number of aryl methyl sites for hydroxylation is 2. The summed E-state index contributed by atoms with van der Waals surface area (Å²) in [6, 6.07) is 15.8. The van der Waals surface area contributed by atoms with E-state index < -0.39 is 11.9 Å². The van der Waals surface area contributed by atoms with E-state index in [1.807, 2.05) is 12.1 Å². The molecule has 7 nitrogen and oxygen atoms in total. The molecule has 1 aromatic heterocycles. The number of hydrogen-bond acceptors (Lipinski definition) is 5. The molecule has 31 heavy (non-hydrogen) atoms. The number of carbonyl (C=O) groups excluding carboxylic acids is 1. The van der Waals surface area contributed by atoms with Crippen molar-refractivity contribution in [1.82, 2.24) is 5.43 Å². The number of nitrogens with one attached hydrogen (secondary N) is 1. The Morgan fingerprint density at radius 1 is 1.06 bits per heavy atom. The molecule has 158 valence electrons. The molecule has 0 atom stereocenters. The molecule has 0 radical (unpaired) electrons. The minimum atomic E-state index is -1.03. The van der Waals surface area contributed by atoms with Crippen molar-refractivity contribution >= 4 is 18.1 Å². The fourth-order valence-corrected chi connectivity index (χ4v) is 3.60. The molecule has 0 spiro atoms. The van der Waals surface area contributed by atoms with E-state index in [1.165, 1.54) is 36.2 Å². The van der Waals surface area contributed by atoms with Gasteiger partial charge in [0.2, 0.25) is 0 Å². The summed E-state index contributed by atoms with van der Waals surface area (Å²) in [5, 5.41) is 13.2. The third kappa shape index (κ3) is 5.01. The number of fused-ring (bicyclic) bond motifs is 1. The number of hydrogen-bond donors (Lipinski definition) is 2. The normalized spacial score (nSPS) is 13.0. The largest absolute Gasteiger partial charge is 0.484 e. The van der Waals surface area contributed by atoms with Gasteiger partial charge >= 0.3 is 5.97 Å². The average molecular weight is 418 g/mol. The molecular weight excluding hydrogens is 396 g/mol. The number of carbonyl (C=O) groups is 2. The summed E-state index contributed by atoms with van der Waals surface area (Å²) in [4.78, 5) is 23.4. The van der Waals surface area contributed by atoms with Gasteiger partial charge in [-0.2, -0.15) is 5.10 Å². The van der Waals surface area contributed by atoms with Crippen LogP contribution in [-0.2, 0) is 17.6 Å². The molecule has 0 bridgehead atoms. The number of carboxylic acid groups (broad SMARTS) is 1. The summed E-state index contributed by atoms with van der Waals surface area (Å²) in [6.45, 7) is -0.147. The highest BCUT2D eigenvalue weighted by Crippen LogP contribution is 2.26. The molecule has 0 aliphatic heterocycles. The Hall–Kier alpha value is -3.87. The molecule has 2 N–H and O–H groups in total. The Labute approximate surface area is 179 Å². The number of carboxylic acids is 1. The molecule has 1 aliphatic rings. The van der Waals surface area contributed by atoms with Crippen LogP contribution in [0.3, 0.4) is 0 Å². The Balaban J connectivity index is 1.31. The third-order valence-electron chi connectivity index (χ3n) is 5.12. The predicted octanol–water partition coefficient (Wildman–Crippen LogP) is 4.05. The minimum Gasteiger partial charge on any atom is -0.484 e. The number of rotatable bonds is 7. The van der Waals surface area contributed by atoms with Gasteiger partial charge in [0.1, 0.15) is 17.3 Å². The van der Waals surface area contributed by atoms with Gasteiger partial charge in [0, 0.05) is 5.56 Å². The van der Waals surface area contributed by atoms with Crippen LogP contribution in [0.15, 0.2) is 64.1 Å². The van der Waals surface area contributed by atoms with E-state index in [2.05, 4.69) is 16.6 Å². The second-order valence-electron chi connectivity index (χ2n) is 7.27. The topological polar surface area (TPSA) is 101 Å². The molecule has 4 rings (SSSR count). The highest BCUT2D eigenvalue weighted by Gasteiger charge is 2.14. The smallest absolute Gasteiger partial charge is 0.336 e. The Kier molecular flexibility index (Phi) is 6.12. The molecular formula is C24H22N2O5. The lowest BCUT2D eigenvalue weighted by molar-refractivity contribution is -0.123. The molecule has 0 fully saturated rings. The fourth-order valence-electron chi connectivity index (χ4n) is 3.60. The Bertz CT molecular complexity index is 1130. The summed E-state index contributed by atoms with van der Waals surface area (Å²) >= 11 is 0. The first kappa shape index (κ1) is 20.4. The summed E-state index contributed by atoms with van der Waals surface area (Å²) < 4.78 is 11.2. The van der Waals surface area contributed by atoms with E-state index in [-0.39, 0.29) is 12.2 Å². The molecule has 1 heterocycles. The Morgan fingerprint density at radius 3 is 2.71 bits per heavy atom. The van der Waals surface area contributed by atoms with Crippen molar-refractivity contribution in [2.45, 2.75) is 25.7 Å². The number of hydrazone groups is 1. The number of aromatic carboxylic acids is 1. The highest BCUT2D eigenvalue weighted by atomic mass is 16.5. The quantitative estimate of drug-likeness (QED) is 0.445. The molecule has 0 saturated heterocycles. The standard InChI is InChI=1S/C24H22N2O5/c27-23(15-30-18-10-9-16-5-1-2-6-17(16)13-18)26-25-14-19-11-12-22(31-19)20-7-3-4-8-21(20)24(28)29/h3-4,7-14H,1-2,5-6,15H2,(H,26,27)(H,28,29). The van der Waals surface area contributed by atoms with E-state index in [1.54, 1.807) is 30.3 Å². The SMILES string of the molecule is O=C(COc1ccc2c(c1)CCCC2)NN=Cc1ccc(-c2ccccc2C(=O)O)o1. The first-order valence-corrected chi connectivity index (χ1v) is 10.1. The van der Waals surface area contributed by atoms with Gasteiger partial charge in [0.05, 0.1) is 11.8 Å². The second-order valence-corrected chi connectivity index (χ2v) is 7.27. The van der Waals surface area contributed by atoms with Gasteiger partial charge in [-0.15, -0.1) is 0 Å². The van der Waals surface area contributed by atoms with Crippen LogP contribution in [0, 0.1) is 0 Å². The van der Waals surface area contributed by atoms with Crippen LogP contribution in [0.25, 0.3) is 11.3 Å². The molecule has 2 aromatic carbocycles. The molecule has 1 aliphatic carbocycles. The summed E-state index contributed by atoms with van der Waals surface area (Å²) in [7, 11) is 0. The van der Waals surface area contributed by atoms with E-state index in [4.69, 9.17) is 9.15 Å². The van der Waals surface area contributed by atoms with Crippen molar-refractivity contribution in [3.63, 3.8) is 0 Å². The lowest BCUT2D eigenvalue weighted by Crippen LogP contribution is -2.24. The molecule has 1 amide bonds. The van der Waals surface area contributed by atoms with Crippen LogP contribution in [-0.4, -0.2) is 29.8 Å². The van der Waals surface area contributed by atoms with Gasteiger partial charge in [-0.25, -0.2) is 10.2 Å². The maximum Gasteiger partial charge on any atom is 0.336 e. The van der Waals surface area contributed by atoms with Crippen LogP contribution in [0.1, 0.15) is 40.1 Å². The monoisotopic (exact) mass is 418 g/mol. The highest BCUT2D eigenvalue weighted by molar-refractivity contribution is 5.95. The van der Waals surface area contributed by atoms with Crippen molar-refractivity contribution in [2.75, 3.05) is 6.61 Å². The van der Waals surface area contributed by atoms with Gasteiger partial charge in [-0.05, 0) is 67.1 Å². The molecule has 7 heteroatoms. The lowest BCUT2D eigenvalue weighted by Gasteiger charge is -2.16. The van der Waals surface area contributed by atoms with Crippen molar-refractivity contribution in [3.05, 3.63) is 77.0 Å². The number of ether oxygens (including phenoxy) is 1. The number of furan rings is 1. The summed E-state index contributed by atoms with van der Waals surface area (Å²) in [5.41, 5.74) is 5.66. The van der Waals surface area contributed by atoms with Crippen LogP contribution in [0.4, 0.5) is 0 Å². The van der Waals surface area contributed by atoms with Gasteiger partial charge in [-0.3, -0.25) is 4.79 Å². The number of nitrogens with zero attached hydrogens (tertiary/aromatic N) is 1. The van der Waals surface area contributed by atoms with Gasteiger partial charge in [0.15, 0.2) is 6.61 Å². The van der Waals surface area contributed by atoms with E-state index in [0.717, 1.165) is 12.8 Å². The van der Waals surface area contributed by atoms with E-state index >= 15 is 0 Å². The van der Waals surface area contributed by atoms with Crippen LogP contribution < -0.4 is 10.2 Å². The van der Waals surface area contributed by atoms with Crippen LogP contribution in [0.5, 0.6) is 5.75 Å². The first-order valence-electron chi connectivity index (χ1n) is 10.1. The van der Waals surface area contributed by atoms with Crippen molar-refractivity contribution in [3.8, 4) is 17.1 Å². The van der Waals surface area contributed by atoms with Crippen molar-refractivity contribution in [2.24, 2.45) is 5.10 Å². The maximum absolute atomic E-state index is 12.0. The zero-order chi connectivity index (χ0) is 21.6. The molecule has 0 saturated carbocycles. The Morgan fingerprint density at radius 2 is 1.87 bits per heavy atom. The van der Waals surface area contributed by atoms with Crippen molar-refractivity contribution < 1.29 is 23.8 Å². The molecule has 0 unspecified atom stereocenters. The van der Waals surface area contributed by atoms with Crippen LogP contribution >= 0.6 is 0 Å². The predicted molar refractivity (Wildman–Crippen MR) is 115 cm³/mol. The maximum atomic E-state index is 12.0. The fraction of sp³-hybridized carbons (Fsp3) is 0.208. The van der Waals surface area contributed by atoms with Crippen molar-refractivity contribution in [1.29, 1.82) is 0 Å².